The summed E-state index contributed by atoms with van der Waals surface area (Å²) in [6, 6.07) is -0.290. The zero-order valence-corrected chi connectivity index (χ0v) is 12.0. The number of thioether (sulfide) groups is 1. The summed E-state index contributed by atoms with van der Waals surface area (Å²) in [5, 5.41) is 3.30. The highest BCUT2D eigenvalue weighted by Crippen LogP contribution is 2.37. The van der Waals surface area contributed by atoms with Crippen LogP contribution >= 0.6 is 11.8 Å². The highest BCUT2D eigenvalue weighted by Gasteiger charge is 2.39. The standard InChI is InChI=1S/C13H22N2O2S/c1-3-6-15-11(16)8-10(12(15)17)14-9-13(2)5-4-7-18-13/h10,14H,3-9H2,1-2H3. The van der Waals surface area contributed by atoms with Gasteiger partial charge in [-0.25, -0.2) is 0 Å². The molecule has 2 amide bonds. The van der Waals surface area contributed by atoms with Gasteiger partial charge in [-0.3, -0.25) is 14.5 Å². The third-order valence-electron chi connectivity index (χ3n) is 3.71. The predicted molar refractivity (Wildman–Crippen MR) is 73.5 cm³/mol. The molecule has 2 aliphatic heterocycles. The molecule has 102 valence electrons. The minimum Gasteiger partial charge on any atom is -0.304 e. The lowest BCUT2D eigenvalue weighted by molar-refractivity contribution is -0.138. The van der Waals surface area contributed by atoms with Gasteiger partial charge in [0.15, 0.2) is 0 Å². The van der Waals surface area contributed by atoms with Crippen molar-refractivity contribution < 1.29 is 9.59 Å². The van der Waals surface area contributed by atoms with E-state index >= 15 is 0 Å². The summed E-state index contributed by atoms with van der Waals surface area (Å²) >= 11 is 1.97. The van der Waals surface area contributed by atoms with E-state index in [0.717, 1.165) is 13.0 Å². The maximum Gasteiger partial charge on any atom is 0.246 e. The molecule has 0 saturated carbocycles. The van der Waals surface area contributed by atoms with Gasteiger partial charge in [-0.2, -0.15) is 11.8 Å². The molecule has 0 bridgehead atoms. The van der Waals surface area contributed by atoms with Gasteiger partial charge in [0.2, 0.25) is 11.8 Å². The lowest BCUT2D eigenvalue weighted by Gasteiger charge is -2.24. The topological polar surface area (TPSA) is 49.4 Å². The fourth-order valence-electron chi connectivity index (χ4n) is 2.62. The van der Waals surface area contributed by atoms with Crippen LogP contribution < -0.4 is 5.32 Å². The summed E-state index contributed by atoms with van der Waals surface area (Å²) in [7, 11) is 0. The Bertz CT molecular complexity index is 340. The van der Waals surface area contributed by atoms with Crippen molar-refractivity contribution >= 4 is 23.6 Å². The van der Waals surface area contributed by atoms with Crippen molar-refractivity contribution in [2.45, 2.75) is 50.3 Å². The Morgan fingerprint density at radius 2 is 2.28 bits per heavy atom. The molecule has 18 heavy (non-hydrogen) atoms. The van der Waals surface area contributed by atoms with Crippen molar-refractivity contribution in [1.29, 1.82) is 0 Å². The number of rotatable bonds is 5. The Kier molecular flexibility index (Phi) is 4.33. The molecular formula is C13H22N2O2S. The second-order valence-electron chi connectivity index (χ2n) is 5.42. The van der Waals surface area contributed by atoms with Crippen molar-refractivity contribution in [3.8, 4) is 0 Å². The van der Waals surface area contributed by atoms with E-state index < -0.39 is 0 Å². The number of hydrogen-bond donors (Lipinski definition) is 1. The van der Waals surface area contributed by atoms with Crippen molar-refractivity contribution in [3.05, 3.63) is 0 Å². The van der Waals surface area contributed by atoms with Gasteiger partial charge in [-0.05, 0) is 31.9 Å². The van der Waals surface area contributed by atoms with Crippen LogP contribution in [0.4, 0.5) is 0 Å². The van der Waals surface area contributed by atoms with Gasteiger partial charge in [-0.1, -0.05) is 6.92 Å². The molecule has 2 rings (SSSR count). The summed E-state index contributed by atoms with van der Waals surface area (Å²) < 4.78 is 0.238. The van der Waals surface area contributed by atoms with Crippen molar-refractivity contribution in [2.75, 3.05) is 18.8 Å². The van der Waals surface area contributed by atoms with Crippen LogP contribution in [0.15, 0.2) is 0 Å². The predicted octanol–water partition coefficient (Wildman–Crippen LogP) is 1.40. The minimum atomic E-state index is -0.290. The highest BCUT2D eigenvalue weighted by atomic mass is 32.2. The van der Waals surface area contributed by atoms with Gasteiger partial charge < -0.3 is 5.32 Å². The Balaban J connectivity index is 1.87. The van der Waals surface area contributed by atoms with Crippen LogP contribution in [-0.2, 0) is 9.59 Å². The zero-order chi connectivity index (χ0) is 13.2. The molecule has 2 saturated heterocycles. The van der Waals surface area contributed by atoms with E-state index in [4.69, 9.17) is 0 Å². The van der Waals surface area contributed by atoms with Crippen LogP contribution in [0.25, 0.3) is 0 Å². The van der Waals surface area contributed by atoms with Crippen LogP contribution in [0.5, 0.6) is 0 Å². The molecule has 4 nitrogen and oxygen atoms in total. The van der Waals surface area contributed by atoms with E-state index in [-0.39, 0.29) is 22.6 Å². The summed E-state index contributed by atoms with van der Waals surface area (Å²) in [6.07, 6.45) is 3.61. The van der Waals surface area contributed by atoms with Gasteiger partial charge in [-0.15, -0.1) is 0 Å². The molecule has 2 unspecified atom stereocenters. The van der Waals surface area contributed by atoms with Crippen LogP contribution in [0.2, 0.25) is 0 Å². The number of imide groups is 1. The second kappa shape index (κ2) is 5.61. The number of carbonyl (C=O) groups excluding carboxylic acids is 2. The SMILES string of the molecule is CCCN1C(=O)CC(NCC2(C)CCCS2)C1=O. The van der Waals surface area contributed by atoms with Crippen molar-refractivity contribution in [1.82, 2.24) is 10.2 Å². The van der Waals surface area contributed by atoms with E-state index in [1.807, 2.05) is 18.7 Å². The third kappa shape index (κ3) is 2.88. The second-order valence-corrected chi connectivity index (χ2v) is 7.11. The number of hydrogen-bond acceptors (Lipinski definition) is 4. The first-order valence-electron chi connectivity index (χ1n) is 6.77. The highest BCUT2D eigenvalue weighted by molar-refractivity contribution is 8.00. The van der Waals surface area contributed by atoms with Crippen LogP contribution in [0.1, 0.15) is 39.5 Å². The Labute approximate surface area is 113 Å². The van der Waals surface area contributed by atoms with Gasteiger partial charge >= 0.3 is 0 Å². The maximum atomic E-state index is 12.1. The Morgan fingerprint density at radius 1 is 1.50 bits per heavy atom. The molecule has 2 atom stereocenters. The van der Waals surface area contributed by atoms with Crippen LogP contribution in [0, 0.1) is 0 Å². The maximum absolute atomic E-state index is 12.1. The van der Waals surface area contributed by atoms with Crippen molar-refractivity contribution in [2.24, 2.45) is 0 Å². The molecule has 0 aromatic heterocycles. The first-order chi connectivity index (χ1) is 8.56. The summed E-state index contributed by atoms with van der Waals surface area (Å²) in [6.45, 7) is 5.60. The first kappa shape index (κ1) is 13.9. The van der Waals surface area contributed by atoms with E-state index in [2.05, 4.69) is 12.2 Å². The van der Waals surface area contributed by atoms with E-state index in [0.29, 0.717) is 13.0 Å². The zero-order valence-electron chi connectivity index (χ0n) is 11.2. The van der Waals surface area contributed by atoms with Gasteiger partial charge in [0.25, 0.3) is 0 Å². The van der Waals surface area contributed by atoms with E-state index in [1.165, 1.54) is 23.5 Å². The summed E-state index contributed by atoms with van der Waals surface area (Å²) in [5.41, 5.74) is 0. The Morgan fingerprint density at radius 3 is 2.89 bits per heavy atom. The van der Waals surface area contributed by atoms with Crippen molar-refractivity contribution in [3.63, 3.8) is 0 Å². The fraction of sp³-hybridized carbons (Fsp3) is 0.846. The summed E-state index contributed by atoms with van der Waals surface area (Å²) in [4.78, 5) is 25.2. The number of carbonyl (C=O) groups is 2. The lowest BCUT2D eigenvalue weighted by Crippen LogP contribution is -2.44. The number of likely N-dealkylation sites (tertiary alicyclic amines) is 1. The molecule has 2 heterocycles. The largest absolute Gasteiger partial charge is 0.304 e. The average Bonchev–Trinajstić information content (AvgIpc) is 2.87. The molecule has 0 aliphatic carbocycles. The Hall–Kier alpha value is -0.550. The van der Waals surface area contributed by atoms with Crippen LogP contribution in [-0.4, -0.2) is 46.3 Å². The molecule has 2 aliphatic rings. The molecular weight excluding hydrogens is 248 g/mol. The first-order valence-corrected chi connectivity index (χ1v) is 7.76. The molecule has 0 aromatic carbocycles. The molecule has 0 aromatic rings. The van der Waals surface area contributed by atoms with E-state index in [1.54, 1.807) is 0 Å². The molecule has 5 heteroatoms. The molecule has 2 fully saturated rings. The average molecular weight is 270 g/mol. The molecule has 0 radical (unpaired) electrons. The number of amides is 2. The number of nitrogens with one attached hydrogen (secondary N) is 1. The third-order valence-corrected chi connectivity index (χ3v) is 5.25. The summed E-state index contributed by atoms with van der Waals surface area (Å²) in [5.74, 6) is 1.15. The normalized spacial score (nSPS) is 32.6. The van der Waals surface area contributed by atoms with Gasteiger partial charge in [0.1, 0.15) is 0 Å². The van der Waals surface area contributed by atoms with Crippen LogP contribution in [0.3, 0.4) is 0 Å². The quantitative estimate of drug-likeness (QED) is 0.767. The van der Waals surface area contributed by atoms with Gasteiger partial charge in [0, 0.05) is 17.8 Å². The number of nitrogens with zero attached hydrogens (tertiary/aromatic N) is 1. The lowest BCUT2D eigenvalue weighted by atomic mass is 10.1. The minimum absolute atomic E-state index is 0.0245. The smallest absolute Gasteiger partial charge is 0.246 e. The molecule has 0 spiro atoms. The van der Waals surface area contributed by atoms with Gasteiger partial charge in [0.05, 0.1) is 12.5 Å². The van der Waals surface area contributed by atoms with E-state index in [9.17, 15) is 9.59 Å². The molecule has 1 N–H and O–H groups in total. The monoisotopic (exact) mass is 270 g/mol. The fourth-order valence-corrected chi connectivity index (χ4v) is 3.87.